The van der Waals surface area contributed by atoms with Gasteiger partial charge in [0, 0.05) is 17.6 Å². The average Bonchev–Trinajstić information content (AvgIpc) is 3.10. The van der Waals surface area contributed by atoms with E-state index in [0.717, 1.165) is 24.5 Å². The molecular weight excluding hydrogens is 292 g/mol. The SMILES string of the molecule is NC(=O)c1cnc([C@@H]2CCCCN2Cc2cncs2)s1. The molecule has 0 unspecified atom stereocenters. The number of hydrogen-bond donors (Lipinski definition) is 1. The lowest BCUT2D eigenvalue weighted by Crippen LogP contribution is -2.32. The van der Waals surface area contributed by atoms with Gasteiger partial charge in [-0.3, -0.25) is 14.7 Å². The van der Waals surface area contributed by atoms with Crippen LogP contribution >= 0.6 is 22.7 Å². The van der Waals surface area contributed by atoms with Gasteiger partial charge in [0.25, 0.3) is 5.91 Å². The lowest BCUT2D eigenvalue weighted by Gasteiger charge is -2.34. The van der Waals surface area contributed by atoms with Gasteiger partial charge in [0.05, 0.1) is 17.7 Å². The molecule has 1 aliphatic rings. The highest BCUT2D eigenvalue weighted by Crippen LogP contribution is 2.34. The number of piperidine rings is 1. The molecule has 0 saturated carbocycles. The molecule has 0 aromatic carbocycles. The number of hydrogen-bond acceptors (Lipinski definition) is 6. The molecule has 0 radical (unpaired) electrons. The molecule has 0 bridgehead atoms. The fraction of sp³-hybridized carbons (Fsp3) is 0.462. The van der Waals surface area contributed by atoms with Gasteiger partial charge < -0.3 is 5.73 Å². The number of thiazole rings is 2. The van der Waals surface area contributed by atoms with Gasteiger partial charge in [0.15, 0.2) is 0 Å². The Morgan fingerprint density at radius 3 is 3.05 bits per heavy atom. The minimum absolute atomic E-state index is 0.295. The second-order valence-corrected chi connectivity index (χ2v) is 6.91. The summed E-state index contributed by atoms with van der Waals surface area (Å²) in [5.74, 6) is -0.390. The Hall–Kier alpha value is -1.31. The Bertz CT molecular complexity index is 581. The summed E-state index contributed by atoms with van der Waals surface area (Å²) in [6.07, 6.45) is 7.03. The molecule has 1 amide bonds. The first-order valence-corrected chi connectivity index (χ1v) is 8.30. The summed E-state index contributed by atoms with van der Waals surface area (Å²) in [6, 6.07) is 0.295. The number of likely N-dealkylation sites (tertiary alicyclic amines) is 1. The van der Waals surface area contributed by atoms with E-state index in [9.17, 15) is 4.79 Å². The molecular formula is C13H16N4OS2. The first kappa shape index (κ1) is 13.7. The summed E-state index contributed by atoms with van der Waals surface area (Å²) < 4.78 is 0. The predicted molar refractivity (Wildman–Crippen MR) is 79.7 cm³/mol. The van der Waals surface area contributed by atoms with E-state index in [1.165, 1.54) is 29.1 Å². The number of rotatable bonds is 4. The maximum atomic E-state index is 11.2. The van der Waals surface area contributed by atoms with Crippen LogP contribution in [-0.2, 0) is 6.54 Å². The Morgan fingerprint density at radius 2 is 2.35 bits per heavy atom. The van der Waals surface area contributed by atoms with Gasteiger partial charge in [0.1, 0.15) is 9.88 Å². The van der Waals surface area contributed by atoms with E-state index in [1.54, 1.807) is 17.5 Å². The molecule has 5 nitrogen and oxygen atoms in total. The molecule has 3 rings (SSSR count). The first-order chi connectivity index (χ1) is 9.74. The lowest BCUT2D eigenvalue weighted by atomic mass is 10.0. The van der Waals surface area contributed by atoms with Crippen molar-refractivity contribution in [3.05, 3.63) is 32.7 Å². The monoisotopic (exact) mass is 308 g/mol. The number of aromatic nitrogens is 2. The van der Waals surface area contributed by atoms with Crippen molar-refractivity contribution in [2.45, 2.75) is 31.8 Å². The zero-order valence-electron chi connectivity index (χ0n) is 11.0. The van der Waals surface area contributed by atoms with Gasteiger partial charge in [-0.1, -0.05) is 6.42 Å². The number of carbonyl (C=O) groups is 1. The molecule has 2 N–H and O–H groups in total. The minimum Gasteiger partial charge on any atom is -0.365 e. The summed E-state index contributed by atoms with van der Waals surface area (Å²) in [5.41, 5.74) is 7.18. The Labute approximate surface area is 125 Å². The summed E-state index contributed by atoms with van der Waals surface area (Å²) in [6.45, 7) is 1.97. The van der Waals surface area contributed by atoms with Crippen molar-refractivity contribution in [2.75, 3.05) is 6.54 Å². The Morgan fingerprint density at radius 1 is 1.45 bits per heavy atom. The molecule has 3 heterocycles. The minimum atomic E-state index is -0.390. The van der Waals surface area contributed by atoms with Crippen LogP contribution in [0.15, 0.2) is 17.9 Å². The van der Waals surface area contributed by atoms with E-state index in [0.29, 0.717) is 10.9 Å². The van der Waals surface area contributed by atoms with Gasteiger partial charge in [-0.15, -0.1) is 22.7 Å². The molecule has 0 spiro atoms. The molecule has 1 fully saturated rings. The summed E-state index contributed by atoms with van der Waals surface area (Å²) in [5, 5.41) is 1.00. The van der Waals surface area contributed by atoms with E-state index in [-0.39, 0.29) is 0 Å². The lowest BCUT2D eigenvalue weighted by molar-refractivity contribution is 0.100. The highest BCUT2D eigenvalue weighted by atomic mass is 32.1. The van der Waals surface area contributed by atoms with Crippen LogP contribution in [0.1, 0.15) is 44.9 Å². The van der Waals surface area contributed by atoms with Crippen LogP contribution in [-0.4, -0.2) is 27.3 Å². The van der Waals surface area contributed by atoms with E-state index in [4.69, 9.17) is 5.73 Å². The molecule has 20 heavy (non-hydrogen) atoms. The van der Waals surface area contributed by atoms with Gasteiger partial charge in [0.2, 0.25) is 0 Å². The zero-order chi connectivity index (χ0) is 13.9. The number of nitrogens with two attached hydrogens (primary N) is 1. The number of nitrogens with zero attached hydrogens (tertiary/aromatic N) is 3. The number of amides is 1. The third-order valence-electron chi connectivity index (χ3n) is 3.51. The molecule has 1 aliphatic heterocycles. The summed E-state index contributed by atoms with van der Waals surface area (Å²) in [4.78, 5) is 24.0. The average molecular weight is 308 g/mol. The van der Waals surface area contributed by atoms with Gasteiger partial charge in [-0.2, -0.15) is 0 Å². The fourth-order valence-corrected chi connectivity index (χ4v) is 4.09. The molecule has 106 valence electrons. The standard InChI is InChI=1S/C13H16N4OS2/c14-12(18)11-6-16-13(20-11)10-3-1-2-4-17(10)7-9-5-15-8-19-9/h5-6,8,10H,1-4,7H2,(H2,14,18)/t10-/m0/s1. The first-order valence-electron chi connectivity index (χ1n) is 6.61. The highest BCUT2D eigenvalue weighted by Gasteiger charge is 2.27. The van der Waals surface area contributed by atoms with E-state index >= 15 is 0 Å². The second kappa shape index (κ2) is 5.99. The fourth-order valence-electron chi connectivity index (χ4n) is 2.54. The summed E-state index contributed by atoms with van der Waals surface area (Å²) in [7, 11) is 0. The van der Waals surface area contributed by atoms with Crippen molar-refractivity contribution in [1.82, 2.24) is 14.9 Å². The van der Waals surface area contributed by atoms with Crippen molar-refractivity contribution in [1.29, 1.82) is 0 Å². The van der Waals surface area contributed by atoms with E-state index < -0.39 is 5.91 Å². The van der Waals surface area contributed by atoms with Crippen molar-refractivity contribution >= 4 is 28.6 Å². The maximum Gasteiger partial charge on any atom is 0.260 e. The molecule has 7 heteroatoms. The van der Waals surface area contributed by atoms with Crippen LogP contribution in [0.2, 0.25) is 0 Å². The van der Waals surface area contributed by atoms with Gasteiger partial charge >= 0.3 is 0 Å². The molecule has 0 aliphatic carbocycles. The van der Waals surface area contributed by atoms with Crippen LogP contribution < -0.4 is 5.73 Å². The second-order valence-electron chi connectivity index (χ2n) is 4.88. The maximum absolute atomic E-state index is 11.2. The normalized spacial score (nSPS) is 20.1. The van der Waals surface area contributed by atoms with Crippen LogP contribution in [0.4, 0.5) is 0 Å². The van der Waals surface area contributed by atoms with E-state index in [1.807, 2.05) is 11.7 Å². The van der Waals surface area contributed by atoms with E-state index in [2.05, 4.69) is 14.9 Å². The largest absolute Gasteiger partial charge is 0.365 e. The van der Waals surface area contributed by atoms with Crippen molar-refractivity contribution in [3.8, 4) is 0 Å². The predicted octanol–water partition coefficient (Wildman–Crippen LogP) is 2.43. The number of primary amides is 1. The number of carbonyl (C=O) groups excluding carboxylic acids is 1. The summed E-state index contributed by atoms with van der Waals surface area (Å²) >= 11 is 3.10. The quantitative estimate of drug-likeness (QED) is 0.941. The molecule has 1 saturated heterocycles. The topological polar surface area (TPSA) is 72.1 Å². The Kier molecular flexibility index (Phi) is 4.09. The highest BCUT2D eigenvalue weighted by molar-refractivity contribution is 7.13. The van der Waals surface area contributed by atoms with Crippen molar-refractivity contribution < 1.29 is 4.79 Å². The smallest absolute Gasteiger partial charge is 0.260 e. The van der Waals surface area contributed by atoms with Crippen molar-refractivity contribution in [3.63, 3.8) is 0 Å². The van der Waals surface area contributed by atoms with Crippen LogP contribution in [0.25, 0.3) is 0 Å². The molecule has 2 aromatic heterocycles. The Balaban J connectivity index is 1.78. The zero-order valence-corrected chi connectivity index (χ0v) is 12.6. The van der Waals surface area contributed by atoms with Gasteiger partial charge in [-0.25, -0.2) is 4.98 Å². The van der Waals surface area contributed by atoms with Gasteiger partial charge in [-0.05, 0) is 19.4 Å². The van der Waals surface area contributed by atoms with Crippen molar-refractivity contribution in [2.24, 2.45) is 5.73 Å². The molecule has 2 aromatic rings. The third kappa shape index (κ3) is 2.89. The third-order valence-corrected chi connectivity index (χ3v) is 5.39. The van der Waals surface area contributed by atoms with Crippen LogP contribution in [0, 0.1) is 0 Å². The molecule has 1 atom stereocenters. The van der Waals surface area contributed by atoms with Crippen LogP contribution in [0.5, 0.6) is 0 Å². The van der Waals surface area contributed by atoms with Crippen LogP contribution in [0.3, 0.4) is 0 Å².